The number of aromatic nitrogens is 3. The van der Waals surface area contributed by atoms with E-state index in [0.717, 1.165) is 29.0 Å². The Morgan fingerprint density at radius 2 is 2.00 bits per heavy atom. The van der Waals surface area contributed by atoms with Crippen LogP contribution in [0.4, 0.5) is 13.2 Å². The lowest BCUT2D eigenvalue weighted by Gasteiger charge is -2.11. The van der Waals surface area contributed by atoms with Crippen LogP contribution >= 0.6 is 0 Å². The molecule has 2 aromatic heterocycles. The molecule has 0 aliphatic carbocycles. The van der Waals surface area contributed by atoms with Crippen molar-refractivity contribution < 1.29 is 23.1 Å². The Hall–Kier alpha value is -3.10. The van der Waals surface area contributed by atoms with Crippen LogP contribution in [0.15, 0.2) is 36.7 Å². The Bertz CT molecular complexity index is 918. The van der Waals surface area contributed by atoms with Crippen molar-refractivity contribution in [2.24, 2.45) is 0 Å². The lowest BCUT2D eigenvalue weighted by Crippen LogP contribution is -2.07. The van der Waals surface area contributed by atoms with E-state index in [1.165, 1.54) is 12.1 Å². The Kier molecular flexibility index (Phi) is 3.20. The van der Waals surface area contributed by atoms with Gasteiger partial charge in [0.2, 0.25) is 0 Å². The maximum Gasteiger partial charge on any atom is 0.416 e. The van der Waals surface area contributed by atoms with Gasteiger partial charge in [0.05, 0.1) is 11.3 Å². The molecule has 1 amide bonds. The summed E-state index contributed by atoms with van der Waals surface area (Å²) in [4.78, 5) is 15.1. The predicted octanol–water partition coefficient (Wildman–Crippen LogP) is 2.54. The summed E-state index contributed by atoms with van der Waals surface area (Å²) >= 11 is 0. The van der Waals surface area contributed by atoms with Gasteiger partial charge >= 0.3 is 6.18 Å². The van der Waals surface area contributed by atoms with Crippen molar-refractivity contribution in [2.75, 3.05) is 0 Å². The second-order valence-electron chi connectivity index (χ2n) is 4.69. The molecule has 117 valence electrons. The van der Waals surface area contributed by atoms with Crippen molar-refractivity contribution in [3.63, 3.8) is 0 Å². The van der Waals surface area contributed by atoms with Crippen LogP contribution in [0.25, 0.3) is 16.9 Å². The average Bonchev–Trinajstić information content (AvgIpc) is 2.94. The molecule has 23 heavy (non-hydrogen) atoms. The maximum atomic E-state index is 12.8. The Labute approximate surface area is 127 Å². The minimum absolute atomic E-state index is 0.0996. The second kappa shape index (κ2) is 4.97. The first-order chi connectivity index (χ1) is 10.8. The number of amides is 1. The summed E-state index contributed by atoms with van der Waals surface area (Å²) in [5.41, 5.74) is 6.07. The highest BCUT2D eigenvalue weighted by Crippen LogP contribution is 2.34. The van der Waals surface area contributed by atoms with Crippen molar-refractivity contribution in [2.45, 2.75) is 6.18 Å². The van der Waals surface area contributed by atoms with Crippen molar-refractivity contribution in [3.05, 3.63) is 47.8 Å². The topological polar surface area (TPSA) is 91.3 Å². The van der Waals surface area contributed by atoms with Gasteiger partial charge in [-0.1, -0.05) is 12.1 Å². The van der Waals surface area contributed by atoms with Gasteiger partial charge in [0.15, 0.2) is 5.65 Å². The molecule has 0 saturated heterocycles. The summed E-state index contributed by atoms with van der Waals surface area (Å²) in [5.74, 6) is -1.71. The van der Waals surface area contributed by atoms with Gasteiger partial charge in [0, 0.05) is 11.6 Å². The Morgan fingerprint density at radius 1 is 1.26 bits per heavy atom. The van der Waals surface area contributed by atoms with E-state index in [9.17, 15) is 23.1 Å². The normalized spacial score (nSPS) is 11.8. The van der Waals surface area contributed by atoms with Gasteiger partial charge in [-0.2, -0.15) is 18.3 Å². The van der Waals surface area contributed by atoms with Gasteiger partial charge in [0.25, 0.3) is 5.91 Å². The summed E-state index contributed by atoms with van der Waals surface area (Å²) in [5, 5.41) is 13.8. The molecule has 2 heterocycles. The number of fused-ring (bicyclic) bond motifs is 1. The first-order valence-corrected chi connectivity index (χ1v) is 6.28. The summed E-state index contributed by atoms with van der Waals surface area (Å²) in [6.45, 7) is 0. The number of carbonyl (C=O) groups excluding carboxylic acids is 1. The Morgan fingerprint density at radius 3 is 2.65 bits per heavy atom. The number of nitrogens with one attached hydrogen (secondary N) is 1. The van der Waals surface area contributed by atoms with E-state index in [1.807, 2.05) is 0 Å². The van der Waals surface area contributed by atoms with Crippen LogP contribution in [-0.4, -0.2) is 25.6 Å². The molecule has 0 aliphatic heterocycles. The van der Waals surface area contributed by atoms with Crippen molar-refractivity contribution >= 4 is 11.6 Å². The quantitative estimate of drug-likeness (QED) is 0.785. The van der Waals surface area contributed by atoms with E-state index in [0.29, 0.717) is 0 Å². The molecule has 0 bridgehead atoms. The van der Waals surface area contributed by atoms with Crippen LogP contribution in [-0.2, 0) is 6.18 Å². The second-order valence-corrected chi connectivity index (χ2v) is 4.69. The van der Waals surface area contributed by atoms with E-state index in [1.54, 1.807) is 0 Å². The first kappa shape index (κ1) is 14.8. The zero-order valence-corrected chi connectivity index (χ0v) is 11.3. The summed E-state index contributed by atoms with van der Waals surface area (Å²) in [7, 11) is 0. The number of halogens is 3. The number of alkyl halides is 3. The molecule has 3 aromatic rings. The van der Waals surface area contributed by atoms with Crippen molar-refractivity contribution in [3.8, 4) is 17.0 Å². The average molecular weight is 321 g/mol. The van der Waals surface area contributed by atoms with Crippen LogP contribution in [0.3, 0.4) is 0 Å². The molecule has 9 heteroatoms. The van der Waals surface area contributed by atoms with E-state index in [-0.39, 0.29) is 22.5 Å². The third-order valence-corrected chi connectivity index (χ3v) is 3.24. The fraction of sp³-hybridized carbons (Fsp3) is 0.0714. The Balaban J connectivity index is 2.28. The molecule has 2 N–H and O–H groups in total. The molecule has 0 unspecified atom stereocenters. The number of rotatable bonds is 2. The maximum absolute atomic E-state index is 12.8. The van der Waals surface area contributed by atoms with Crippen molar-refractivity contribution in [1.82, 2.24) is 20.3 Å². The standard InChI is InChI=1S/C14H8F3N4O2/c15-14(16,17)8-3-1-2-7(4-8)9-5-10(22)11(12(18)23)13-19-6-20-21(9)13/h1-6,18,22H. The molecule has 1 radical (unpaired) electrons. The highest BCUT2D eigenvalue weighted by atomic mass is 19.4. The third kappa shape index (κ3) is 2.45. The van der Waals surface area contributed by atoms with Crippen LogP contribution in [0.2, 0.25) is 0 Å². The smallest absolute Gasteiger partial charge is 0.416 e. The SMILES string of the molecule is [NH]C(=O)c1c(O)cc(-c2cccc(C(F)(F)F)c2)n2ncnc12. The summed E-state index contributed by atoms with van der Waals surface area (Å²) in [6.07, 6.45) is -3.44. The van der Waals surface area contributed by atoms with Gasteiger partial charge in [-0.15, -0.1) is 0 Å². The van der Waals surface area contributed by atoms with Crippen LogP contribution < -0.4 is 5.73 Å². The largest absolute Gasteiger partial charge is 0.507 e. The number of hydrogen-bond acceptors (Lipinski definition) is 4. The van der Waals surface area contributed by atoms with E-state index >= 15 is 0 Å². The van der Waals surface area contributed by atoms with Crippen molar-refractivity contribution in [1.29, 1.82) is 0 Å². The molecule has 6 nitrogen and oxygen atoms in total. The molecule has 0 fully saturated rings. The highest BCUT2D eigenvalue weighted by molar-refractivity contribution is 6.01. The highest BCUT2D eigenvalue weighted by Gasteiger charge is 2.31. The summed E-state index contributed by atoms with van der Waals surface area (Å²) < 4.78 is 39.6. The zero-order chi connectivity index (χ0) is 16.8. The van der Waals surface area contributed by atoms with Crippen LogP contribution in [0.1, 0.15) is 15.9 Å². The monoisotopic (exact) mass is 321 g/mol. The molecule has 0 saturated carbocycles. The number of hydrogen-bond donors (Lipinski definition) is 1. The van der Waals surface area contributed by atoms with Gasteiger partial charge < -0.3 is 5.11 Å². The number of aromatic hydroxyl groups is 1. The predicted molar refractivity (Wildman–Crippen MR) is 72.5 cm³/mol. The number of nitrogens with zero attached hydrogens (tertiary/aromatic N) is 3. The molecule has 0 atom stereocenters. The molecule has 3 rings (SSSR count). The number of benzene rings is 1. The van der Waals surface area contributed by atoms with Gasteiger partial charge in [-0.3, -0.25) is 10.5 Å². The van der Waals surface area contributed by atoms with Gasteiger partial charge in [-0.05, 0) is 12.1 Å². The fourth-order valence-corrected chi connectivity index (χ4v) is 2.24. The van der Waals surface area contributed by atoms with E-state index in [4.69, 9.17) is 5.73 Å². The lowest BCUT2D eigenvalue weighted by molar-refractivity contribution is -0.137. The van der Waals surface area contributed by atoms with E-state index < -0.39 is 23.4 Å². The summed E-state index contributed by atoms with van der Waals surface area (Å²) in [6, 6.07) is 5.54. The minimum atomic E-state index is -4.52. The van der Waals surface area contributed by atoms with Gasteiger partial charge in [-0.25, -0.2) is 9.50 Å². The molecular formula is C14H8F3N4O2. The fourth-order valence-electron chi connectivity index (χ4n) is 2.24. The molecule has 1 aromatic carbocycles. The number of pyridine rings is 1. The van der Waals surface area contributed by atoms with Crippen LogP contribution in [0, 0.1) is 0 Å². The lowest BCUT2D eigenvalue weighted by atomic mass is 10.1. The third-order valence-electron chi connectivity index (χ3n) is 3.24. The van der Waals surface area contributed by atoms with E-state index in [2.05, 4.69) is 10.1 Å². The molecule has 0 spiro atoms. The van der Waals surface area contributed by atoms with Crippen LogP contribution in [0.5, 0.6) is 5.75 Å². The molecular weight excluding hydrogens is 313 g/mol. The minimum Gasteiger partial charge on any atom is -0.507 e. The first-order valence-electron chi connectivity index (χ1n) is 6.28. The number of carbonyl (C=O) groups is 1. The molecule has 0 aliphatic rings. The zero-order valence-electron chi connectivity index (χ0n) is 11.3. The van der Waals surface area contributed by atoms with Gasteiger partial charge in [0.1, 0.15) is 17.6 Å².